The second-order valence-corrected chi connectivity index (χ2v) is 7.89. The summed E-state index contributed by atoms with van der Waals surface area (Å²) < 4.78 is 1.03. The van der Waals surface area contributed by atoms with Gasteiger partial charge in [0.05, 0.1) is 14.2 Å². The number of nitrogens with one attached hydrogen (secondary N) is 1. The van der Waals surface area contributed by atoms with E-state index in [-0.39, 0.29) is 5.56 Å². The molecule has 0 atom stereocenters. The highest BCUT2D eigenvalue weighted by molar-refractivity contribution is 9.11. The number of thiophene rings is 1. The van der Waals surface area contributed by atoms with Crippen molar-refractivity contribution in [3.63, 3.8) is 0 Å². The normalized spacial score (nSPS) is 10.7. The third kappa shape index (κ3) is 3.88. The number of aromatic nitrogens is 2. The van der Waals surface area contributed by atoms with Crippen molar-refractivity contribution in [2.24, 2.45) is 0 Å². The van der Waals surface area contributed by atoms with E-state index in [9.17, 15) is 4.79 Å². The number of aromatic carboxylic acids is 1. The van der Waals surface area contributed by atoms with Gasteiger partial charge in [0.25, 0.3) is 0 Å². The number of hydrogen-bond acceptors (Lipinski definition) is 5. The van der Waals surface area contributed by atoms with Gasteiger partial charge in [-0.2, -0.15) is 0 Å². The van der Waals surface area contributed by atoms with Gasteiger partial charge in [-0.25, -0.2) is 14.8 Å². The van der Waals surface area contributed by atoms with Crippen LogP contribution in [-0.2, 0) is 6.42 Å². The summed E-state index contributed by atoms with van der Waals surface area (Å²) in [5.41, 5.74) is 3.02. The Morgan fingerprint density at radius 3 is 2.48 bits per heavy atom. The number of carboxylic acids is 1. The molecule has 0 fully saturated rings. The minimum Gasteiger partial charge on any atom is -0.478 e. The maximum Gasteiger partial charge on any atom is 0.335 e. The Morgan fingerprint density at radius 2 is 1.92 bits per heavy atom. The van der Waals surface area contributed by atoms with E-state index < -0.39 is 5.97 Å². The average molecular weight is 418 g/mol. The first kappa shape index (κ1) is 17.6. The van der Waals surface area contributed by atoms with Gasteiger partial charge in [0.15, 0.2) is 5.82 Å². The zero-order valence-electron chi connectivity index (χ0n) is 13.7. The van der Waals surface area contributed by atoms with Gasteiger partial charge in [-0.3, -0.25) is 0 Å². The molecule has 3 rings (SSSR count). The first-order valence-corrected chi connectivity index (χ1v) is 9.32. The number of hydrogen-bond donors (Lipinski definition) is 2. The van der Waals surface area contributed by atoms with Crippen molar-refractivity contribution in [3.8, 4) is 10.7 Å². The highest BCUT2D eigenvalue weighted by Crippen LogP contribution is 2.31. The number of benzene rings is 1. The van der Waals surface area contributed by atoms with Gasteiger partial charge < -0.3 is 10.4 Å². The molecule has 0 radical (unpaired) electrons. The van der Waals surface area contributed by atoms with Gasteiger partial charge in [-0.15, -0.1) is 11.3 Å². The maximum atomic E-state index is 11.0. The van der Waals surface area contributed by atoms with E-state index in [2.05, 4.69) is 33.2 Å². The lowest BCUT2D eigenvalue weighted by atomic mass is 10.1. The van der Waals surface area contributed by atoms with Gasteiger partial charge in [0.1, 0.15) is 5.82 Å². The number of carboxylic acid groups (broad SMARTS) is 1. The van der Waals surface area contributed by atoms with E-state index in [1.54, 1.807) is 35.6 Å². The molecule has 5 nitrogen and oxygen atoms in total. The monoisotopic (exact) mass is 417 g/mol. The summed E-state index contributed by atoms with van der Waals surface area (Å²) in [4.78, 5) is 21.3. The molecular weight excluding hydrogens is 402 g/mol. The van der Waals surface area contributed by atoms with Crippen molar-refractivity contribution in [3.05, 3.63) is 57.0 Å². The quantitative estimate of drug-likeness (QED) is 0.590. The van der Waals surface area contributed by atoms with Crippen LogP contribution in [0.25, 0.3) is 10.7 Å². The van der Waals surface area contributed by atoms with Crippen molar-refractivity contribution in [2.45, 2.75) is 20.3 Å². The van der Waals surface area contributed by atoms with Crippen molar-refractivity contribution in [1.29, 1.82) is 0 Å². The largest absolute Gasteiger partial charge is 0.478 e. The fraction of sp³-hybridized carbons (Fsp3) is 0.167. The molecule has 0 spiro atoms. The molecule has 128 valence electrons. The van der Waals surface area contributed by atoms with Crippen molar-refractivity contribution in [1.82, 2.24) is 9.97 Å². The molecule has 0 unspecified atom stereocenters. The molecule has 25 heavy (non-hydrogen) atoms. The minimum atomic E-state index is -0.941. The van der Waals surface area contributed by atoms with Crippen molar-refractivity contribution in [2.75, 3.05) is 5.32 Å². The summed E-state index contributed by atoms with van der Waals surface area (Å²) in [5.74, 6) is 0.483. The van der Waals surface area contributed by atoms with E-state index in [4.69, 9.17) is 10.1 Å². The Bertz CT molecular complexity index is 923. The van der Waals surface area contributed by atoms with Gasteiger partial charge in [0.2, 0.25) is 0 Å². The van der Waals surface area contributed by atoms with Gasteiger partial charge >= 0.3 is 5.97 Å². The summed E-state index contributed by atoms with van der Waals surface area (Å²) in [6.07, 6.45) is 0.801. The number of rotatable bonds is 5. The number of carbonyl (C=O) groups is 1. The topological polar surface area (TPSA) is 75.1 Å². The molecular formula is C18H16BrN3O2S. The highest BCUT2D eigenvalue weighted by Gasteiger charge is 2.13. The minimum absolute atomic E-state index is 0.254. The Kier molecular flexibility index (Phi) is 5.15. The molecule has 0 aliphatic heterocycles. The van der Waals surface area contributed by atoms with Gasteiger partial charge in [-0.05, 0) is 65.7 Å². The molecule has 3 aromatic rings. The zero-order chi connectivity index (χ0) is 18.0. The van der Waals surface area contributed by atoms with Crippen molar-refractivity contribution < 1.29 is 9.90 Å². The Hall–Kier alpha value is -2.25. The second kappa shape index (κ2) is 7.33. The van der Waals surface area contributed by atoms with Crippen molar-refractivity contribution >= 4 is 44.7 Å². The number of anilines is 2. The van der Waals surface area contributed by atoms with Gasteiger partial charge in [-0.1, -0.05) is 6.92 Å². The standard InChI is InChI=1S/C18H16BrN3O2S/c1-3-13-10(2)20-17(14-8-9-15(19)25-14)22-16(13)21-12-6-4-11(5-7-12)18(23)24/h4-9H,3H2,1-2H3,(H,23,24)(H,20,21,22). The van der Waals surface area contributed by atoms with Crippen LogP contribution in [0.3, 0.4) is 0 Å². The number of aryl methyl sites for hydroxylation is 1. The predicted octanol–water partition coefficient (Wildman–Crippen LogP) is 5.28. The second-order valence-electron chi connectivity index (χ2n) is 5.42. The summed E-state index contributed by atoms with van der Waals surface area (Å²) in [5, 5.41) is 12.3. The molecule has 7 heteroatoms. The molecule has 1 aromatic carbocycles. The summed E-state index contributed by atoms with van der Waals surface area (Å²) in [6, 6.07) is 10.6. The molecule has 0 amide bonds. The molecule has 0 aliphatic rings. The van der Waals surface area contributed by atoms with Crippen LogP contribution in [0.15, 0.2) is 40.2 Å². The van der Waals surface area contributed by atoms with Crippen LogP contribution >= 0.6 is 27.3 Å². The van der Waals surface area contributed by atoms with Crippen LogP contribution < -0.4 is 5.32 Å². The van der Waals surface area contributed by atoms with E-state index in [1.165, 1.54) is 0 Å². The summed E-state index contributed by atoms with van der Waals surface area (Å²) >= 11 is 5.05. The Morgan fingerprint density at radius 1 is 1.20 bits per heavy atom. The summed E-state index contributed by atoms with van der Waals surface area (Å²) in [6.45, 7) is 4.04. The maximum absolute atomic E-state index is 11.0. The zero-order valence-corrected chi connectivity index (χ0v) is 16.1. The molecule has 0 saturated carbocycles. The third-order valence-electron chi connectivity index (χ3n) is 3.76. The lowest BCUT2D eigenvalue weighted by Crippen LogP contribution is -2.05. The molecule has 2 aromatic heterocycles. The Balaban J connectivity index is 1.98. The first-order valence-electron chi connectivity index (χ1n) is 7.71. The van der Waals surface area contributed by atoms with Crippen LogP contribution in [-0.4, -0.2) is 21.0 Å². The van der Waals surface area contributed by atoms with E-state index >= 15 is 0 Å². The molecule has 2 heterocycles. The van der Waals surface area contributed by atoms with E-state index in [0.717, 1.165) is 37.8 Å². The smallest absolute Gasteiger partial charge is 0.335 e. The fourth-order valence-corrected chi connectivity index (χ4v) is 3.82. The third-order valence-corrected chi connectivity index (χ3v) is 5.38. The Labute approximate surface area is 157 Å². The van der Waals surface area contributed by atoms with Crippen LogP contribution in [0.1, 0.15) is 28.5 Å². The fourth-order valence-electron chi connectivity index (χ4n) is 2.50. The predicted molar refractivity (Wildman–Crippen MR) is 104 cm³/mol. The van der Waals surface area contributed by atoms with Crippen LogP contribution in [0.2, 0.25) is 0 Å². The van der Waals surface area contributed by atoms with Crippen LogP contribution in [0, 0.1) is 6.92 Å². The number of nitrogens with zero attached hydrogens (tertiary/aromatic N) is 2. The average Bonchev–Trinajstić information content (AvgIpc) is 3.01. The molecule has 0 aliphatic carbocycles. The molecule has 0 bridgehead atoms. The van der Waals surface area contributed by atoms with Gasteiger partial charge in [0, 0.05) is 16.9 Å². The lowest BCUT2D eigenvalue weighted by molar-refractivity contribution is 0.0697. The molecule has 2 N–H and O–H groups in total. The first-order chi connectivity index (χ1) is 12.0. The van der Waals surface area contributed by atoms with E-state index in [0.29, 0.717) is 5.82 Å². The van der Waals surface area contributed by atoms with E-state index in [1.807, 2.05) is 19.1 Å². The SMILES string of the molecule is CCc1c(C)nc(-c2ccc(Br)s2)nc1Nc1ccc(C(=O)O)cc1. The lowest BCUT2D eigenvalue weighted by Gasteiger charge is -2.13. The van der Waals surface area contributed by atoms with Crippen LogP contribution in [0.5, 0.6) is 0 Å². The molecule has 0 saturated heterocycles. The summed E-state index contributed by atoms with van der Waals surface area (Å²) in [7, 11) is 0. The highest BCUT2D eigenvalue weighted by atomic mass is 79.9. The van der Waals surface area contributed by atoms with Crippen LogP contribution in [0.4, 0.5) is 11.5 Å². The number of halogens is 1.